The highest BCUT2D eigenvalue weighted by Crippen LogP contribution is 2.41. The van der Waals surface area contributed by atoms with Crippen LogP contribution in [0.4, 0.5) is 0 Å². The Morgan fingerprint density at radius 1 is 0.795 bits per heavy atom. The van der Waals surface area contributed by atoms with Crippen molar-refractivity contribution in [2.75, 3.05) is 20.2 Å². The molecule has 2 aromatic rings. The lowest BCUT2D eigenvalue weighted by molar-refractivity contribution is -0.213. The molecule has 3 rings (SSSR count). The second-order valence-electron chi connectivity index (χ2n) is 11.7. The van der Waals surface area contributed by atoms with Crippen LogP contribution in [0.15, 0.2) is 60.7 Å². The van der Waals surface area contributed by atoms with E-state index in [9.17, 15) is 0 Å². The molecule has 0 saturated heterocycles. The summed E-state index contributed by atoms with van der Waals surface area (Å²) >= 11 is 0. The fourth-order valence-corrected chi connectivity index (χ4v) is 5.92. The normalized spacial score (nSPS) is 22.0. The van der Waals surface area contributed by atoms with E-state index in [4.69, 9.17) is 14.2 Å². The summed E-state index contributed by atoms with van der Waals surface area (Å²) in [6.07, 6.45) is 13.1. The monoisotopic (exact) mass is 537 g/mol. The lowest BCUT2D eigenvalue weighted by Gasteiger charge is -2.44. The second kappa shape index (κ2) is 17.9. The van der Waals surface area contributed by atoms with E-state index in [1.54, 1.807) is 0 Å². The number of benzene rings is 2. The minimum atomic E-state index is -0.472. The van der Waals surface area contributed by atoms with Crippen LogP contribution in [-0.2, 0) is 27.4 Å². The SMILES string of the molecule is CCCCCCCO[C@@]1(N(C)CC(C)CCCCC)C[C@H](OCc2ccccc2)C[C@@H]1OCc1ccccc1. The third kappa shape index (κ3) is 10.6. The molecule has 0 aliphatic heterocycles. The van der Waals surface area contributed by atoms with E-state index in [-0.39, 0.29) is 12.2 Å². The highest BCUT2D eigenvalue weighted by atomic mass is 16.6. The van der Waals surface area contributed by atoms with Crippen LogP contribution in [0.5, 0.6) is 0 Å². The molecule has 2 aromatic carbocycles. The summed E-state index contributed by atoms with van der Waals surface area (Å²) < 4.78 is 20.2. The van der Waals surface area contributed by atoms with Crippen molar-refractivity contribution >= 4 is 0 Å². The Balaban J connectivity index is 1.75. The molecule has 1 aliphatic carbocycles. The second-order valence-corrected chi connectivity index (χ2v) is 11.7. The van der Waals surface area contributed by atoms with Crippen molar-refractivity contribution in [1.82, 2.24) is 4.90 Å². The molecule has 0 heterocycles. The summed E-state index contributed by atoms with van der Waals surface area (Å²) in [5.41, 5.74) is 1.95. The first-order valence-electron chi connectivity index (χ1n) is 15.7. The lowest BCUT2D eigenvalue weighted by atomic mass is 10.00. The summed E-state index contributed by atoms with van der Waals surface area (Å²) in [7, 11) is 2.26. The van der Waals surface area contributed by atoms with Gasteiger partial charge >= 0.3 is 0 Å². The van der Waals surface area contributed by atoms with Crippen molar-refractivity contribution < 1.29 is 14.2 Å². The fourth-order valence-electron chi connectivity index (χ4n) is 5.92. The number of rotatable bonds is 20. The van der Waals surface area contributed by atoms with Crippen LogP contribution < -0.4 is 0 Å². The summed E-state index contributed by atoms with van der Waals surface area (Å²) in [6.45, 7) is 9.95. The maximum absolute atomic E-state index is 6.96. The maximum atomic E-state index is 6.96. The van der Waals surface area contributed by atoms with Gasteiger partial charge in [0.25, 0.3) is 0 Å². The number of nitrogens with zero attached hydrogens (tertiary/aromatic N) is 1. The molecule has 4 heteroatoms. The molecule has 0 bridgehead atoms. The van der Waals surface area contributed by atoms with E-state index >= 15 is 0 Å². The van der Waals surface area contributed by atoms with Crippen LogP contribution in [0.1, 0.15) is 103 Å². The molecule has 0 amide bonds. The average molecular weight is 538 g/mol. The molecule has 1 unspecified atom stereocenters. The number of unbranched alkanes of at least 4 members (excludes halogenated alkanes) is 6. The van der Waals surface area contributed by atoms with E-state index in [0.717, 1.165) is 32.4 Å². The first-order chi connectivity index (χ1) is 19.1. The highest BCUT2D eigenvalue weighted by molar-refractivity contribution is 5.15. The van der Waals surface area contributed by atoms with Gasteiger partial charge in [0, 0.05) is 26.0 Å². The van der Waals surface area contributed by atoms with E-state index in [0.29, 0.717) is 19.1 Å². The molecular formula is C35H55NO3. The highest BCUT2D eigenvalue weighted by Gasteiger charge is 2.52. The maximum Gasteiger partial charge on any atom is 0.150 e. The van der Waals surface area contributed by atoms with Crippen LogP contribution in [0, 0.1) is 5.92 Å². The summed E-state index contributed by atoms with van der Waals surface area (Å²) in [4.78, 5) is 2.48. The lowest BCUT2D eigenvalue weighted by Crippen LogP contribution is -2.56. The van der Waals surface area contributed by atoms with Gasteiger partial charge in [-0.05, 0) is 36.9 Å². The Labute approximate surface area is 239 Å². The van der Waals surface area contributed by atoms with Gasteiger partial charge in [-0.1, -0.05) is 126 Å². The van der Waals surface area contributed by atoms with Gasteiger partial charge in [0.2, 0.25) is 0 Å². The predicted molar refractivity (Wildman–Crippen MR) is 163 cm³/mol. The predicted octanol–water partition coefficient (Wildman–Crippen LogP) is 8.78. The van der Waals surface area contributed by atoms with E-state index < -0.39 is 5.72 Å². The Morgan fingerprint density at radius 2 is 1.38 bits per heavy atom. The van der Waals surface area contributed by atoms with E-state index in [1.165, 1.54) is 62.5 Å². The van der Waals surface area contributed by atoms with Crippen LogP contribution in [-0.4, -0.2) is 43.0 Å². The molecule has 1 aliphatic rings. The van der Waals surface area contributed by atoms with Gasteiger partial charge in [-0.2, -0.15) is 0 Å². The Morgan fingerprint density at radius 3 is 2.03 bits per heavy atom. The molecule has 0 spiro atoms. The molecule has 4 nitrogen and oxygen atoms in total. The first-order valence-corrected chi connectivity index (χ1v) is 15.7. The average Bonchev–Trinajstić information content (AvgIpc) is 3.32. The van der Waals surface area contributed by atoms with Crippen LogP contribution in [0.3, 0.4) is 0 Å². The number of hydrogen-bond acceptors (Lipinski definition) is 4. The van der Waals surface area contributed by atoms with Crippen LogP contribution in [0.2, 0.25) is 0 Å². The zero-order chi connectivity index (χ0) is 27.8. The van der Waals surface area contributed by atoms with Crippen molar-refractivity contribution in [1.29, 1.82) is 0 Å². The number of hydrogen-bond donors (Lipinski definition) is 0. The molecule has 0 aromatic heterocycles. The summed E-state index contributed by atoms with van der Waals surface area (Å²) in [5.74, 6) is 0.616. The Kier molecular flexibility index (Phi) is 14.6. The molecule has 4 atom stereocenters. The molecular weight excluding hydrogens is 482 g/mol. The summed E-state index contributed by atoms with van der Waals surface area (Å²) in [6, 6.07) is 21.0. The van der Waals surface area contributed by atoms with Crippen molar-refractivity contribution in [3.05, 3.63) is 71.8 Å². The molecule has 1 saturated carbocycles. The minimum absolute atomic E-state index is 0.0398. The fraction of sp³-hybridized carbons (Fsp3) is 0.657. The third-order valence-electron chi connectivity index (χ3n) is 8.25. The molecule has 0 N–H and O–H groups in total. The van der Waals surface area contributed by atoms with Gasteiger partial charge in [0.1, 0.15) is 11.8 Å². The summed E-state index contributed by atoms with van der Waals surface area (Å²) in [5, 5.41) is 0. The van der Waals surface area contributed by atoms with Crippen molar-refractivity contribution in [3.63, 3.8) is 0 Å². The zero-order valence-electron chi connectivity index (χ0n) is 25.3. The van der Waals surface area contributed by atoms with Gasteiger partial charge in [0.15, 0.2) is 0 Å². The zero-order valence-corrected chi connectivity index (χ0v) is 25.3. The quantitative estimate of drug-likeness (QED) is 0.125. The molecule has 1 fully saturated rings. The van der Waals surface area contributed by atoms with Crippen LogP contribution >= 0.6 is 0 Å². The number of ether oxygens (including phenoxy) is 3. The molecule has 0 radical (unpaired) electrons. The van der Waals surface area contributed by atoms with Crippen LogP contribution in [0.25, 0.3) is 0 Å². The van der Waals surface area contributed by atoms with Crippen molar-refractivity contribution in [3.8, 4) is 0 Å². The minimum Gasteiger partial charge on any atom is -0.373 e. The standard InChI is InChI=1S/C35H55NO3/c1-5-7-9-10-18-24-39-35(36(4)27-30(3)19-13-8-6-2)26-33(37-28-31-20-14-11-15-21-31)25-34(35)38-29-32-22-16-12-17-23-32/h11-12,14-17,20-23,30,33-34H,5-10,13,18-19,24-29H2,1-4H3/t30?,33-,34+,35+/m1/s1. The van der Waals surface area contributed by atoms with E-state index in [1.807, 2.05) is 0 Å². The van der Waals surface area contributed by atoms with Gasteiger partial charge in [0.05, 0.1) is 19.3 Å². The van der Waals surface area contributed by atoms with E-state index in [2.05, 4.69) is 93.4 Å². The topological polar surface area (TPSA) is 30.9 Å². The number of likely N-dealkylation sites (N-methyl/N-ethyl adjacent to an activating group) is 1. The van der Waals surface area contributed by atoms with Gasteiger partial charge in [-0.3, -0.25) is 4.90 Å². The van der Waals surface area contributed by atoms with Crippen molar-refractivity contribution in [2.24, 2.45) is 5.92 Å². The first kappa shape index (κ1) is 31.8. The van der Waals surface area contributed by atoms with Gasteiger partial charge in [-0.25, -0.2) is 0 Å². The Bertz CT molecular complexity index is 876. The Hall–Kier alpha value is -1.72. The third-order valence-corrected chi connectivity index (χ3v) is 8.25. The van der Waals surface area contributed by atoms with Gasteiger partial charge in [-0.15, -0.1) is 0 Å². The largest absolute Gasteiger partial charge is 0.373 e. The molecule has 218 valence electrons. The van der Waals surface area contributed by atoms with Gasteiger partial charge < -0.3 is 14.2 Å². The molecule has 39 heavy (non-hydrogen) atoms. The van der Waals surface area contributed by atoms with Crippen molar-refractivity contribution in [2.45, 2.75) is 123 Å². The smallest absolute Gasteiger partial charge is 0.150 e.